The second-order valence-corrected chi connectivity index (χ2v) is 15.9. The van der Waals surface area contributed by atoms with E-state index in [1.165, 1.54) is 35.6 Å². The Morgan fingerprint density at radius 1 is 1.00 bits per heavy atom. The van der Waals surface area contributed by atoms with Gasteiger partial charge in [0.25, 0.3) is 11.8 Å². The van der Waals surface area contributed by atoms with Crippen LogP contribution < -0.4 is 16.2 Å². The molecule has 0 aliphatic carbocycles. The average Bonchev–Trinajstić information content (AvgIpc) is 3.35. The highest BCUT2D eigenvalue weighted by molar-refractivity contribution is 7.17. The molecule has 192 valence electrons. The summed E-state index contributed by atoms with van der Waals surface area (Å²) >= 11 is 1.46. The lowest BCUT2D eigenvalue weighted by Crippen LogP contribution is -2.55. The smallest absolute Gasteiger partial charge is 0.269 e. The number of carbonyl (C=O) groups excluding carboxylic acids is 2. The number of rotatable bonds is 7. The monoisotopic (exact) mass is 533 g/mol. The Balaban J connectivity index is 1.86. The van der Waals surface area contributed by atoms with E-state index in [9.17, 15) is 14.9 Å². The molecule has 0 aliphatic heterocycles. The molecule has 0 spiro atoms. The first kappa shape index (κ1) is 27.9. The summed E-state index contributed by atoms with van der Waals surface area (Å²) in [6.07, 6.45) is -0.531. The molecule has 2 atom stereocenters. The summed E-state index contributed by atoms with van der Waals surface area (Å²) in [5, 5.41) is 24.4. The maximum atomic E-state index is 13.4. The Morgan fingerprint density at radius 2 is 1.68 bits per heavy atom. The number of carbonyl (C=O) groups is 2. The maximum absolute atomic E-state index is 13.4. The fraction of sp³-hybridized carbons (Fsp3) is 0.333. The van der Waals surface area contributed by atoms with E-state index < -0.39 is 32.3 Å². The van der Waals surface area contributed by atoms with Crippen molar-refractivity contribution in [1.82, 2.24) is 10.9 Å². The number of fused-ring (bicyclic) bond motifs is 1. The first-order valence-corrected chi connectivity index (χ1v) is 15.6. The third-order valence-corrected chi connectivity index (χ3v) is 12.2. The van der Waals surface area contributed by atoms with Gasteiger partial charge in [-0.05, 0) is 72.9 Å². The highest BCUT2D eigenvalue weighted by atomic mass is 32.1. The van der Waals surface area contributed by atoms with Gasteiger partial charge in [-0.1, -0.05) is 20.8 Å². The predicted octanol–water partition coefficient (Wildman–Crippen LogP) is 5.30. The lowest BCUT2D eigenvalue weighted by atomic mass is 10.1. The summed E-state index contributed by atoms with van der Waals surface area (Å²) in [5.74, 6) is -0.978. The molecule has 1 heterocycles. The number of amides is 2. The molecule has 2 amide bonds. The number of nitriles is 2. The van der Waals surface area contributed by atoms with Gasteiger partial charge in [-0.2, -0.15) is 10.5 Å². The molecule has 1 aromatic heterocycles. The van der Waals surface area contributed by atoms with Gasteiger partial charge in [0, 0.05) is 16.6 Å². The van der Waals surface area contributed by atoms with Gasteiger partial charge < -0.3 is 9.74 Å². The standard InChI is InChI=1S/C27H31N5O3SSi/c1-17(35-37(5,6)27(2,3)4)23(30-22-12-11-20(16-29)24-21(22)13-14-36-24)26(34)32-31-25(33)19-9-7-18(15-28)8-10-19/h7-14,17,23,30H,1-6H3,(H,31,33)(H,32,34)/t17-,23+/m0/s1. The van der Waals surface area contributed by atoms with Crippen LogP contribution in [0.1, 0.15) is 49.2 Å². The van der Waals surface area contributed by atoms with Gasteiger partial charge in [-0.3, -0.25) is 20.4 Å². The SMILES string of the molecule is C[C@H](O[Si](C)(C)C(C)(C)C)[C@@H](Nc1ccc(C#N)c2sccc12)C(=O)NNC(=O)c1ccc(C#N)cc1. The molecule has 37 heavy (non-hydrogen) atoms. The van der Waals surface area contributed by atoms with Gasteiger partial charge in [-0.25, -0.2) is 0 Å². The third kappa shape index (κ3) is 6.36. The summed E-state index contributed by atoms with van der Waals surface area (Å²) in [4.78, 5) is 26.0. The van der Waals surface area contributed by atoms with E-state index in [2.05, 4.69) is 56.1 Å². The number of hydrazine groups is 1. The van der Waals surface area contributed by atoms with Gasteiger partial charge in [-0.15, -0.1) is 11.3 Å². The van der Waals surface area contributed by atoms with Crippen molar-refractivity contribution in [3.8, 4) is 12.1 Å². The Hall–Kier alpha value is -3.70. The number of benzene rings is 2. The molecule has 0 fully saturated rings. The molecule has 8 nitrogen and oxygen atoms in total. The largest absolute Gasteiger partial charge is 0.412 e. The van der Waals surface area contributed by atoms with Gasteiger partial charge in [0.2, 0.25) is 0 Å². The zero-order valence-corrected chi connectivity index (χ0v) is 23.6. The summed E-state index contributed by atoms with van der Waals surface area (Å²) < 4.78 is 7.37. The van der Waals surface area contributed by atoms with Crippen LogP contribution >= 0.6 is 11.3 Å². The summed E-state index contributed by atoms with van der Waals surface area (Å²) in [7, 11) is -2.23. The van der Waals surface area contributed by atoms with Crippen molar-refractivity contribution < 1.29 is 14.0 Å². The summed E-state index contributed by atoms with van der Waals surface area (Å²) in [5.41, 5.74) is 6.97. The summed E-state index contributed by atoms with van der Waals surface area (Å²) in [6.45, 7) is 12.5. The average molecular weight is 534 g/mol. The topological polar surface area (TPSA) is 127 Å². The molecular formula is C27H31N5O3SSi. The predicted molar refractivity (Wildman–Crippen MR) is 148 cm³/mol. The first-order valence-electron chi connectivity index (χ1n) is 11.8. The van der Waals surface area contributed by atoms with Gasteiger partial charge in [0.15, 0.2) is 8.32 Å². The fourth-order valence-electron chi connectivity index (χ4n) is 3.51. The Morgan fingerprint density at radius 3 is 2.27 bits per heavy atom. The molecule has 0 saturated heterocycles. The van der Waals surface area contributed by atoms with E-state index in [-0.39, 0.29) is 5.04 Å². The third-order valence-electron chi connectivity index (χ3n) is 6.66. The molecule has 0 unspecified atom stereocenters. The molecule has 0 aliphatic rings. The molecule has 2 aromatic carbocycles. The van der Waals surface area contributed by atoms with Crippen LogP contribution in [0.2, 0.25) is 18.1 Å². The van der Waals surface area contributed by atoms with Gasteiger partial charge in [0.05, 0.1) is 28.0 Å². The Bertz CT molecular complexity index is 1380. The van der Waals surface area contributed by atoms with E-state index in [4.69, 9.17) is 9.69 Å². The first-order chi connectivity index (χ1) is 17.4. The molecule has 3 aromatic rings. The molecule has 0 radical (unpaired) electrons. The highest BCUT2D eigenvalue weighted by Crippen LogP contribution is 2.38. The van der Waals surface area contributed by atoms with E-state index >= 15 is 0 Å². The zero-order chi connectivity index (χ0) is 27.4. The van der Waals surface area contributed by atoms with E-state index in [0.717, 1.165) is 10.1 Å². The lowest BCUT2D eigenvalue weighted by molar-refractivity contribution is -0.124. The van der Waals surface area contributed by atoms with Crippen molar-refractivity contribution >= 4 is 47.2 Å². The minimum absolute atomic E-state index is 0.0683. The van der Waals surface area contributed by atoms with Crippen LogP contribution in [0.15, 0.2) is 47.8 Å². The van der Waals surface area contributed by atoms with E-state index in [0.29, 0.717) is 22.4 Å². The van der Waals surface area contributed by atoms with Crippen LogP contribution in [0.25, 0.3) is 10.1 Å². The quantitative estimate of drug-likeness (QED) is 0.279. The highest BCUT2D eigenvalue weighted by Gasteiger charge is 2.41. The van der Waals surface area contributed by atoms with Crippen LogP contribution in [-0.4, -0.2) is 32.3 Å². The van der Waals surface area contributed by atoms with Crippen LogP contribution in [0.3, 0.4) is 0 Å². The number of thiophene rings is 1. The van der Waals surface area contributed by atoms with E-state index in [1.54, 1.807) is 12.1 Å². The van der Waals surface area contributed by atoms with Gasteiger partial charge >= 0.3 is 0 Å². The van der Waals surface area contributed by atoms with Crippen molar-refractivity contribution in [3.05, 3.63) is 64.5 Å². The van der Waals surface area contributed by atoms with Gasteiger partial charge in [0.1, 0.15) is 12.1 Å². The number of anilines is 1. The molecule has 3 N–H and O–H groups in total. The summed E-state index contributed by atoms with van der Waals surface area (Å²) in [6, 6.07) is 14.9. The molecule has 3 rings (SSSR count). The van der Waals surface area contributed by atoms with Crippen molar-refractivity contribution in [1.29, 1.82) is 10.5 Å². The minimum Gasteiger partial charge on any atom is -0.412 e. The van der Waals surface area contributed by atoms with Crippen LogP contribution in [0.4, 0.5) is 5.69 Å². The van der Waals surface area contributed by atoms with Crippen molar-refractivity contribution in [3.63, 3.8) is 0 Å². The van der Waals surface area contributed by atoms with Crippen LogP contribution in [0.5, 0.6) is 0 Å². The molecule has 10 heteroatoms. The van der Waals surface area contributed by atoms with Crippen LogP contribution in [0, 0.1) is 22.7 Å². The number of nitrogens with zero attached hydrogens (tertiary/aromatic N) is 2. The van der Waals surface area contributed by atoms with E-state index in [1.807, 2.05) is 24.4 Å². The molecule has 0 bridgehead atoms. The number of nitrogens with one attached hydrogen (secondary N) is 3. The number of hydrogen-bond donors (Lipinski definition) is 3. The minimum atomic E-state index is -2.23. The maximum Gasteiger partial charge on any atom is 0.269 e. The fourth-order valence-corrected chi connectivity index (χ4v) is 5.82. The van der Waals surface area contributed by atoms with Crippen molar-refractivity contribution in [2.45, 2.75) is 58.0 Å². The molecule has 0 saturated carbocycles. The van der Waals surface area contributed by atoms with Crippen molar-refractivity contribution in [2.75, 3.05) is 5.32 Å². The Kier molecular flexibility index (Phi) is 8.39. The van der Waals surface area contributed by atoms with Crippen molar-refractivity contribution in [2.24, 2.45) is 0 Å². The normalized spacial score (nSPS) is 13.2. The van der Waals surface area contributed by atoms with Crippen LogP contribution in [-0.2, 0) is 9.22 Å². The zero-order valence-electron chi connectivity index (χ0n) is 21.8. The second kappa shape index (κ2) is 11.1. The molecular weight excluding hydrogens is 502 g/mol. The lowest BCUT2D eigenvalue weighted by Gasteiger charge is -2.40. The Labute approximate surface area is 222 Å². The number of hydrogen-bond acceptors (Lipinski definition) is 7. The second-order valence-electron chi connectivity index (χ2n) is 10.3.